The molecule has 21 heteroatoms. The van der Waals surface area contributed by atoms with Crippen LogP contribution in [0.1, 0.15) is 50.7 Å². The zero-order valence-corrected chi connectivity index (χ0v) is 27.2. The van der Waals surface area contributed by atoms with Gasteiger partial charge in [0.15, 0.2) is 11.5 Å². The van der Waals surface area contributed by atoms with Gasteiger partial charge in [-0.3, -0.25) is 38.9 Å². The first-order chi connectivity index (χ1) is 23.8. The molecule has 4 rings (SSSR count). The quantitative estimate of drug-likeness (QED) is 0.0387. The molecule has 0 saturated carbocycles. The molecule has 11 N–H and O–H groups in total. The maximum atomic E-state index is 14.0. The highest BCUT2D eigenvalue weighted by atomic mass is 32.2. The van der Waals surface area contributed by atoms with Crippen LogP contribution in [0.4, 0.5) is 18.9 Å². The number of nitrogens with one attached hydrogen (secondary N) is 3. The Hall–Kier alpha value is -6.25. The topological polar surface area (TPSA) is 298 Å². The van der Waals surface area contributed by atoms with E-state index in [1.54, 1.807) is 0 Å². The normalized spacial score (nSPS) is 12.2. The van der Waals surface area contributed by atoms with Gasteiger partial charge in [-0.25, -0.2) is 13.4 Å². The van der Waals surface area contributed by atoms with Gasteiger partial charge in [0.1, 0.15) is 29.3 Å². The van der Waals surface area contributed by atoms with Crippen molar-refractivity contribution in [2.45, 2.75) is 37.4 Å². The standard InChI is InChI=1S/C30H31F3N10O7S/c31-30(32,33)22-10-8-19(42-51(48,49)14-15-3-5-16(6-4-15)25(34)35)28(47)43(22)13-23(44)40-18(2-1-11-39-29(37)38)24(45)27-41-20-12-17(26(36)46)7-9-21(20)50-27/h3-10,12,18,42H,1-2,11,13-14H2,(H3,34,35)(H2,36,46)(H,40,44)(H4,37,38,39). The van der Waals surface area contributed by atoms with Crippen LogP contribution in [0.15, 0.2) is 68.8 Å². The summed E-state index contributed by atoms with van der Waals surface area (Å²) in [4.78, 5) is 59.3. The Kier molecular flexibility index (Phi) is 11.1. The molecule has 0 aliphatic rings. The number of carbonyl (C=O) groups is 3. The Labute approximate surface area is 286 Å². The molecule has 0 aliphatic heterocycles. The summed E-state index contributed by atoms with van der Waals surface area (Å²) in [5.41, 5.74) is 18.2. The molecule has 1 atom stereocenters. The monoisotopic (exact) mass is 732 g/mol. The zero-order valence-electron chi connectivity index (χ0n) is 26.4. The Morgan fingerprint density at radius 3 is 2.27 bits per heavy atom. The molecule has 0 fully saturated rings. The second kappa shape index (κ2) is 15.1. The number of hydrogen-bond donors (Lipinski definition) is 7. The number of halogens is 3. The second-order valence-corrected chi connectivity index (χ2v) is 12.7. The number of aromatic nitrogens is 2. The van der Waals surface area contributed by atoms with Crippen LogP contribution in [0.2, 0.25) is 0 Å². The van der Waals surface area contributed by atoms with E-state index in [4.69, 9.17) is 32.8 Å². The number of primary amides is 1. The lowest BCUT2D eigenvalue weighted by molar-refractivity contribution is -0.144. The summed E-state index contributed by atoms with van der Waals surface area (Å²) in [6, 6.07) is 8.99. The van der Waals surface area contributed by atoms with Crippen LogP contribution in [-0.2, 0) is 33.3 Å². The first-order valence-electron chi connectivity index (χ1n) is 14.7. The number of hydrogen-bond acceptors (Lipinski definition) is 10. The summed E-state index contributed by atoms with van der Waals surface area (Å²) in [7, 11) is -4.38. The van der Waals surface area contributed by atoms with Crippen molar-refractivity contribution in [3.8, 4) is 0 Å². The number of amides is 2. The summed E-state index contributed by atoms with van der Waals surface area (Å²) in [5, 5.41) is 9.71. The Balaban J connectivity index is 1.61. The molecule has 17 nitrogen and oxygen atoms in total. The number of pyridine rings is 1. The van der Waals surface area contributed by atoms with E-state index in [2.05, 4.69) is 15.3 Å². The average molecular weight is 733 g/mol. The first-order valence-corrected chi connectivity index (χ1v) is 16.3. The van der Waals surface area contributed by atoms with E-state index in [-0.39, 0.29) is 58.0 Å². The van der Waals surface area contributed by atoms with Crippen molar-refractivity contribution in [3.63, 3.8) is 0 Å². The van der Waals surface area contributed by atoms with E-state index in [0.29, 0.717) is 17.7 Å². The van der Waals surface area contributed by atoms with Gasteiger partial charge in [0.25, 0.3) is 11.4 Å². The number of nitrogen functional groups attached to an aromatic ring is 1. The fraction of sp³-hybridized carbons (Fsp3) is 0.233. The van der Waals surface area contributed by atoms with Gasteiger partial charge < -0.3 is 32.7 Å². The van der Waals surface area contributed by atoms with Gasteiger partial charge in [-0.15, -0.1) is 0 Å². The van der Waals surface area contributed by atoms with Crippen molar-refractivity contribution in [1.82, 2.24) is 14.9 Å². The van der Waals surface area contributed by atoms with Crippen LogP contribution in [0.25, 0.3) is 11.1 Å². The molecule has 4 aromatic rings. The summed E-state index contributed by atoms with van der Waals surface area (Å²) >= 11 is 0. The number of fused-ring (bicyclic) bond motifs is 1. The van der Waals surface area contributed by atoms with Gasteiger partial charge in [-0.1, -0.05) is 24.3 Å². The van der Waals surface area contributed by atoms with Gasteiger partial charge in [-0.05, 0) is 48.7 Å². The number of Topliss-reactive ketones (excluding diaryl/α,β-unsaturated/α-hetero) is 1. The summed E-state index contributed by atoms with van der Waals surface area (Å²) in [5.74, 6) is -4.65. The number of nitrogens with two attached hydrogens (primary N) is 4. The lowest BCUT2D eigenvalue weighted by Crippen LogP contribution is -2.44. The van der Waals surface area contributed by atoms with Crippen LogP contribution in [0.3, 0.4) is 0 Å². The highest BCUT2D eigenvalue weighted by Gasteiger charge is 2.36. The number of alkyl halides is 3. The van der Waals surface area contributed by atoms with Crippen molar-refractivity contribution in [2.75, 3.05) is 11.3 Å². The third kappa shape index (κ3) is 9.68. The van der Waals surface area contributed by atoms with E-state index in [1.165, 1.54) is 42.5 Å². The van der Waals surface area contributed by atoms with Crippen molar-refractivity contribution < 1.29 is 40.4 Å². The van der Waals surface area contributed by atoms with Crippen molar-refractivity contribution in [1.29, 1.82) is 5.41 Å². The summed E-state index contributed by atoms with van der Waals surface area (Å²) < 4.78 is 75.2. The van der Waals surface area contributed by atoms with Gasteiger partial charge in [0.2, 0.25) is 27.6 Å². The smallest absolute Gasteiger partial charge is 0.431 e. The molecule has 1 unspecified atom stereocenters. The number of nitrogens with zero attached hydrogens (tertiary/aromatic N) is 3. The molecular weight excluding hydrogens is 701 g/mol. The van der Waals surface area contributed by atoms with Gasteiger partial charge in [0, 0.05) is 17.7 Å². The van der Waals surface area contributed by atoms with E-state index in [9.17, 15) is 40.8 Å². The van der Waals surface area contributed by atoms with Crippen LogP contribution in [-0.4, -0.2) is 59.9 Å². The molecule has 0 bridgehead atoms. The fourth-order valence-electron chi connectivity index (χ4n) is 4.76. The number of guanidine groups is 1. The minimum atomic E-state index is -5.16. The minimum Gasteiger partial charge on any atom is -0.434 e. The number of sulfonamides is 1. The highest BCUT2D eigenvalue weighted by Crippen LogP contribution is 2.29. The molecule has 2 aromatic carbocycles. The van der Waals surface area contributed by atoms with Gasteiger partial charge >= 0.3 is 6.18 Å². The third-order valence-corrected chi connectivity index (χ3v) is 8.38. The number of amidine groups is 1. The number of benzene rings is 2. The van der Waals surface area contributed by atoms with Crippen molar-refractivity contribution in [2.24, 2.45) is 27.9 Å². The first kappa shape index (κ1) is 37.6. The zero-order chi connectivity index (χ0) is 37.7. The molecule has 0 saturated heterocycles. The van der Waals surface area contributed by atoms with Crippen molar-refractivity contribution >= 4 is 56.2 Å². The van der Waals surface area contributed by atoms with Gasteiger partial charge in [-0.2, -0.15) is 13.2 Å². The van der Waals surface area contributed by atoms with Crippen molar-refractivity contribution in [3.05, 3.63) is 93.2 Å². The van der Waals surface area contributed by atoms with Crippen LogP contribution < -0.4 is 38.5 Å². The maximum Gasteiger partial charge on any atom is 0.431 e. The molecule has 51 heavy (non-hydrogen) atoms. The van der Waals surface area contributed by atoms with E-state index in [1.807, 2.05) is 4.72 Å². The predicted octanol–water partition coefficient (Wildman–Crippen LogP) is 0.754. The highest BCUT2D eigenvalue weighted by molar-refractivity contribution is 7.91. The number of aliphatic imine (C=N–C) groups is 1. The van der Waals surface area contributed by atoms with Crippen LogP contribution in [0.5, 0.6) is 0 Å². The lowest BCUT2D eigenvalue weighted by Gasteiger charge is -2.19. The van der Waals surface area contributed by atoms with E-state index in [0.717, 1.165) is 0 Å². The molecule has 270 valence electrons. The minimum absolute atomic E-state index is 0.00173. The molecule has 0 spiro atoms. The number of oxazole rings is 1. The molecule has 2 amide bonds. The summed E-state index contributed by atoms with van der Waals surface area (Å²) in [6.07, 6.45) is -5.24. The van der Waals surface area contributed by atoms with E-state index < -0.39 is 75.0 Å². The molecule has 0 radical (unpaired) electrons. The largest absolute Gasteiger partial charge is 0.434 e. The van der Waals surface area contributed by atoms with Gasteiger partial charge in [0.05, 0.1) is 11.8 Å². The summed E-state index contributed by atoms with van der Waals surface area (Å²) in [6.45, 7) is -1.29. The number of carbonyl (C=O) groups excluding carboxylic acids is 3. The SMILES string of the molecule is N=C(N)c1ccc(CS(=O)(=O)Nc2ccc(C(F)(F)F)n(CC(=O)NC(CCCN=C(N)N)C(=O)c3nc4cc(C(N)=O)ccc4o3)c2=O)cc1. The fourth-order valence-corrected chi connectivity index (χ4v) is 5.95. The second-order valence-electron chi connectivity index (χ2n) is 11.0. The van der Waals surface area contributed by atoms with Crippen LogP contribution in [0, 0.1) is 5.41 Å². The number of rotatable bonds is 15. The third-order valence-electron chi connectivity index (χ3n) is 7.13. The predicted molar refractivity (Wildman–Crippen MR) is 178 cm³/mol. The van der Waals surface area contributed by atoms with E-state index >= 15 is 0 Å². The number of ketones is 1. The molecule has 0 aliphatic carbocycles. The van der Waals surface area contributed by atoms with Crippen LogP contribution >= 0.6 is 0 Å². The molecular formula is C30H31F3N10O7S. The Bertz CT molecular complexity index is 2190. The molecule has 2 aromatic heterocycles. The molecule has 2 heterocycles. The maximum absolute atomic E-state index is 14.0. The lowest BCUT2D eigenvalue weighted by atomic mass is 10.1. The Morgan fingerprint density at radius 2 is 1.67 bits per heavy atom. The number of anilines is 1. The average Bonchev–Trinajstić information content (AvgIpc) is 3.47. The Morgan fingerprint density at radius 1 is 1.00 bits per heavy atom.